The van der Waals surface area contributed by atoms with Crippen LogP contribution < -0.4 is 10.6 Å². The second-order valence-corrected chi connectivity index (χ2v) is 14.0. The zero-order valence-electron chi connectivity index (χ0n) is 25.9. The average Bonchev–Trinajstić information content (AvgIpc) is 3.60. The van der Waals surface area contributed by atoms with Crippen LogP contribution in [0.3, 0.4) is 0 Å². The van der Waals surface area contributed by atoms with Gasteiger partial charge in [-0.25, -0.2) is 16.8 Å². The van der Waals surface area contributed by atoms with Crippen molar-refractivity contribution < 1.29 is 26.8 Å². The lowest BCUT2D eigenvalue weighted by Crippen LogP contribution is -2.40. The van der Waals surface area contributed by atoms with E-state index in [1.54, 1.807) is 36.4 Å². The number of hydrogen-bond acceptors (Lipinski definition) is 5. The number of aromatic nitrogens is 1. The highest BCUT2D eigenvalue weighted by atomic mass is 32.2. The molecule has 0 atom stereocenters. The van der Waals surface area contributed by atoms with Gasteiger partial charge in [-0.15, -0.1) is 0 Å². The van der Waals surface area contributed by atoms with E-state index in [2.05, 4.69) is 10.6 Å². The lowest BCUT2D eigenvalue weighted by atomic mass is 9.96. The molecule has 0 saturated carbocycles. The summed E-state index contributed by atoms with van der Waals surface area (Å²) in [5.74, 6) is -0.964. The maximum Gasteiger partial charge on any atom is 0.255 e. The molecule has 10 heteroatoms. The molecule has 2 aromatic heterocycles. The standard InChI is InChI=1S/C36H32FN3O5S/c1-36(2,3)39-34(41)24-13-9-12-23(18-24)26-19-27-30(35(42)38-4)32(22-14-16-25(37)17-15-22)45-33(27)28-20-29(21-10-7-6-8-11-21)40(31(26)28)46(5,43)44/h6-20H,1-5H3,(H,38,42)(H,39,41). The highest BCUT2D eigenvalue weighted by Gasteiger charge is 2.29. The Morgan fingerprint density at radius 3 is 2.11 bits per heavy atom. The molecular weight excluding hydrogens is 605 g/mol. The van der Waals surface area contributed by atoms with Gasteiger partial charge in [-0.3, -0.25) is 9.59 Å². The molecule has 0 aliphatic carbocycles. The van der Waals surface area contributed by atoms with E-state index in [4.69, 9.17) is 4.42 Å². The van der Waals surface area contributed by atoms with Crippen LogP contribution in [0.1, 0.15) is 41.5 Å². The number of carbonyl (C=O) groups excluding carboxylic acids is 2. The third-order valence-electron chi connectivity index (χ3n) is 7.58. The summed E-state index contributed by atoms with van der Waals surface area (Å²) in [6.07, 6.45) is 1.13. The third kappa shape index (κ3) is 5.56. The fourth-order valence-electron chi connectivity index (χ4n) is 5.69. The van der Waals surface area contributed by atoms with Gasteiger partial charge in [0, 0.05) is 40.0 Å². The molecule has 8 nitrogen and oxygen atoms in total. The molecule has 234 valence electrons. The molecule has 0 spiro atoms. The van der Waals surface area contributed by atoms with E-state index in [1.807, 2.05) is 51.1 Å². The number of nitrogens with zero attached hydrogens (tertiary/aromatic N) is 1. The number of benzene rings is 4. The first-order valence-electron chi connectivity index (χ1n) is 14.6. The van der Waals surface area contributed by atoms with Crippen LogP contribution in [0.25, 0.3) is 55.6 Å². The molecule has 0 unspecified atom stereocenters. The van der Waals surface area contributed by atoms with Crippen molar-refractivity contribution in [2.75, 3.05) is 13.3 Å². The zero-order chi connectivity index (χ0) is 33.0. The number of furan rings is 1. The minimum absolute atomic E-state index is 0.208. The van der Waals surface area contributed by atoms with Gasteiger partial charge in [0.2, 0.25) is 10.0 Å². The van der Waals surface area contributed by atoms with Gasteiger partial charge in [0.05, 0.1) is 23.0 Å². The Hall–Kier alpha value is -5.22. The van der Waals surface area contributed by atoms with E-state index >= 15 is 0 Å². The van der Waals surface area contributed by atoms with Gasteiger partial charge in [0.25, 0.3) is 11.8 Å². The van der Waals surface area contributed by atoms with E-state index in [-0.39, 0.29) is 22.8 Å². The molecule has 2 N–H and O–H groups in total. The number of fused-ring (bicyclic) bond motifs is 3. The monoisotopic (exact) mass is 637 g/mol. The number of hydrogen-bond donors (Lipinski definition) is 2. The Morgan fingerprint density at radius 2 is 1.48 bits per heavy atom. The molecule has 6 aromatic rings. The highest BCUT2D eigenvalue weighted by molar-refractivity contribution is 7.89. The molecule has 0 aliphatic heterocycles. The second-order valence-electron chi connectivity index (χ2n) is 12.2. The van der Waals surface area contributed by atoms with Crippen molar-refractivity contribution in [3.05, 3.63) is 108 Å². The first kappa shape index (κ1) is 30.8. The number of amides is 2. The smallest absolute Gasteiger partial charge is 0.255 e. The molecule has 0 fully saturated rings. The van der Waals surface area contributed by atoms with Crippen LogP contribution in [0.2, 0.25) is 0 Å². The maximum atomic E-state index is 13.9. The van der Waals surface area contributed by atoms with Gasteiger partial charge in [0.1, 0.15) is 17.2 Å². The quantitative estimate of drug-likeness (QED) is 0.200. The average molecular weight is 638 g/mol. The minimum atomic E-state index is -3.92. The van der Waals surface area contributed by atoms with Crippen molar-refractivity contribution in [1.29, 1.82) is 0 Å². The number of carbonyl (C=O) groups is 2. The van der Waals surface area contributed by atoms with Crippen LogP contribution in [0.4, 0.5) is 4.39 Å². The van der Waals surface area contributed by atoms with Gasteiger partial charge in [-0.05, 0) is 80.4 Å². The molecule has 0 aliphatic rings. The highest BCUT2D eigenvalue weighted by Crippen LogP contribution is 2.45. The summed E-state index contributed by atoms with van der Waals surface area (Å²) in [7, 11) is -2.42. The molecule has 2 heterocycles. The number of halogens is 1. The van der Waals surface area contributed by atoms with Crippen molar-refractivity contribution in [2.24, 2.45) is 0 Å². The van der Waals surface area contributed by atoms with Crippen LogP contribution in [0.5, 0.6) is 0 Å². The lowest BCUT2D eigenvalue weighted by Gasteiger charge is -2.20. The van der Waals surface area contributed by atoms with E-state index in [1.165, 1.54) is 35.3 Å². The number of rotatable bonds is 6. The summed E-state index contributed by atoms with van der Waals surface area (Å²) in [4.78, 5) is 26.7. The SMILES string of the molecule is CNC(=O)c1c(-c2ccc(F)cc2)oc2c1cc(-c1cccc(C(=O)NC(C)(C)C)c1)c1c2cc(-c2ccccc2)n1S(C)(=O)=O. The van der Waals surface area contributed by atoms with Crippen LogP contribution in [0.15, 0.2) is 95.4 Å². The first-order chi connectivity index (χ1) is 21.8. The summed E-state index contributed by atoms with van der Waals surface area (Å²) in [6, 6.07) is 25.0. The second kappa shape index (κ2) is 11.3. The summed E-state index contributed by atoms with van der Waals surface area (Å²) in [5.41, 5.74) is 3.27. The Balaban J connectivity index is 1.77. The maximum absolute atomic E-state index is 13.9. The topological polar surface area (TPSA) is 110 Å². The van der Waals surface area contributed by atoms with Gasteiger partial charge >= 0.3 is 0 Å². The van der Waals surface area contributed by atoms with Crippen molar-refractivity contribution in [1.82, 2.24) is 14.6 Å². The fourth-order valence-corrected chi connectivity index (χ4v) is 6.73. The van der Waals surface area contributed by atoms with Gasteiger partial charge in [-0.2, -0.15) is 0 Å². The van der Waals surface area contributed by atoms with Crippen molar-refractivity contribution in [3.8, 4) is 33.7 Å². The molecule has 0 radical (unpaired) electrons. The summed E-state index contributed by atoms with van der Waals surface area (Å²) in [6.45, 7) is 5.65. The molecule has 4 aromatic carbocycles. The molecule has 2 amide bonds. The predicted molar refractivity (Wildman–Crippen MR) is 179 cm³/mol. The molecule has 0 bridgehead atoms. The fraction of sp³-hybridized carbons (Fsp3) is 0.167. The van der Waals surface area contributed by atoms with E-state index in [0.717, 1.165) is 6.26 Å². The zero-order valence-corrected chi connectivity index (χ0v) is 26.8. The van der Waals surface area contributed by atoms with Gasteiger partial charge < -0.3 is 15.1 Å². The summed E-state index contributed by atoms with van der Waals surface area (Å²) in [5, 5.41) is 6.51. The lowest BCUT2D eigenvalue weighted by molar-refractivity contribution is 0.0918. The Kier molecular flexibility index (Phi) is 7.56. The molecular formula is C36H32FN3O5S. The molecule has 46 heavy (non-hydrogen) atoms. The summed E-state index contributed by atoms with van der Waals surface area (Å²) >= 11 is 0. The normalized spacial score (nSPS) is 12.0. The first-order valence-corrected chi connectivity index (χ1v) is 16.4. The van der Waals surface area contributed by atoms with E-state index in [0.29, 0.717) is 49.8 Å². The van der Waals surface area contributed by atoms with E-state index < -0.39 is 27.3 Å². The van der Waals surface area contributed by atoms with E-state index in [9.17, 15) is 22.4 Å². The van der Waals surface area contributed by atoms with Crippen LogP contribution >= 0.6 is 0 Å². The Bertz CT molecular complexity index is 2260. The molecule has 0 saturated heterocycles. The third-order valence-corrected chi connectivity index (χ3v) is 8.62. The van der Waals surface area contributed by atoms with Crippen LogP contribution in [0, 0.1) is 5.82 Å². The predicted octanol–water partition coefficient (Wildman–Crippen LogP) is 7.22. The molecule has 6 rings (SSSR count). The van der Waals surface area contributed by atoms with Gasteiger partial charge in [0.15, 0.2) is 0 Å². The Morgan fingerprint density at radius 1 is 0.804 bits per heavy atom. The Labute approximate surface area is 265 Å². The van der Waals surface area contributed by atoms with Crippen LogP contribution in [-0.2, 0) is 10.0 Å². The summed E-state index contributed by atoms with van der Waals surface area (Å²) < 4.78 is 48.8. The van der Waals surface area contributed by atoms with Crippen molar-refractivity contribution in [3.63, 3.8) is 0 Å². The van der Waals surface area contributed by atoms with Crippen molar-refractivity contribution in [2.45, 2.75) is 26.3 Å². The van der Waals surface area contributed by atoms with Crippen molar-refractivity contribution >= 4 is 43.7 Å². The van der Waals surface area contributed by atoms with Gasteiger partial charge in [-0.1, -0.05) is 42.5 Å². The minimum Gasteiger partial charge on any atom is -0.454 e. The largest absolute Gasteiger partial charge is 0.454 e. The van der Waals surface area contributed by atoms with Crippen LogP contribution in [-0.4, -0.2) is 43.0 Å². The number of nitrogens with one attached hydrogen (secondary N) is 2.